The number of aliphatic hydroxyl groups excluding tert-OH is 1. The van der Waals surface area contributed by atoms with Crippen LogP contribution in [0.2, 0.25) is 0 Å². The van der Waals surface area contributed by atoms with Crippen LogP contribution < -0.4 is 4.74 Å². The predicted molar refractivity (Wildman–Crippen MR) is 62.4 cm³/mol. The van der Waals surface area contributed by atoms with E-state index in [4.69, 9.17) is 4.74 Å². The first-order valence-electron chi connectivity index (χ1n) is 5.19. The number of hydrogen-bond donors (Lipinski definition) is 1. The summed E-state index contributed by atoms with van der Waals surface area (Å²) in [7, 11) is 1.68. The molecule has 0 aromatic heterocycles. The highest BCUT2D eigenvalue weighted by molar-refractivity contribution is 5.45. The minimum Gasteiger partial charge on any atom is -0.496 e. The molecule has 2 nitrogen and oxygen atoms in total. The average Bonchev–Trinajstić information content (AvgIpc) is 2.15. The second kappa shape index (κ2) is 4.23. The third-order valence-corrected chi connectivity index (χ3v) is 2.64. The molecule has 0 heterocycles. The number of hydrogen-bond acceptors (Lipinski definition) is 2. The van der Waals surface area contributed by atoms with Crippen LogP contribution in [-0.2, 0) is 12.0 Å². The molecule has 0 atom stereocenters. The molecule has 1 N–H and O–H groups in total. The molecule has 1 rings (SSSR count). The van der Waals surface area contributed by atoms with Crippen molar-refractivity contribution in [3.63, 3.8) is 0 Å². The summed E-state index contributed by atoms with van der Waals surface area (Å²) in [6.07, 6.45) is 0. The second-order valence-corrected chi connectivity index (χ2v) is 4.89. The normalized spacial score (nSPS) is 11.6. The van der Waals surface area contributed by atoms with Gasteiger partial charge in [0.05, 0.1) is 13.7 Å². The number of aryl methyl sites for hydroxylation is 1. The van der Waals surface area contributed by atoms with Gasteiger partial charge in [-0.3, -0.25) is 0 Å². The van der Waals surface area contributed by atoms with E-state index >= 15 is 0 Å². The first-order chi connectivity index (χ1) is 6.90. The van der Waals surface area contributed by atoms with E-state index in [1.165, 1.54) is 0 Å². The van der Waals surface area contributed by atoms with Gasteiger partial charge in [-0.05, 0) is 41.2 Å². The van der Waals surface area contributed by atoms with Gasteiger partial charge in [-0.1, -0.05) is 20.8 Å². The summed E-state index contributed by atoms with van der Waals surface area (Å²) in [5.74, 6) is 0.900. The quantitative estimate of drug-likeness (QED) is 0.809. The van der Waals surface area contributed by atoms with Gasteiger partial charge in [-0.15, -0.1) is 0 Å². The van der Waals surface area contributed by atoms with Gasteiger partial charge in [0.1, 0.15) is 5.75 Å². The highest BCUT2D eigenvalue weighted by atomic mass is 16.5. The van der Waals surface area contributed by atoms with Crippen molar-refractivity contribution in [1.82, 2.24) is 0 Å². The molecule has 0 saturated heterocycles. The first-order valence-corrected chi connectivity index (χ1v) is 5.19. The molecule has 0 saturated carbocycles. The number of benzene rings is 1. The van der Waals surface area contributed by atoms with E-state index in [9.17, 15) is 5.11 Å². The molecule has 0 bridgehead atoms. The van der Waals surface area contributed by atoms with E-state index in [1.54, 1.807) is 7.11 Å². The molecule has 1 aromatic carbocycles. The molecule has 84 valence electrons. The van der Waals surface area contributed by atoms with Crippen LogP contribution >= 0.6 is 0 Å². The maximum atomic E-state index is 9.23. The third kappa shape index (κ3) is 2.51. The molecule has 0 amide bonds. The van der Waals surface area contributed by atoms with Gasteiger partial charge in [-0.2, -0.15) is 0 Å². The molecule has 0 aliphatic carbocycles. The minimum atomic E-state index is 0.0307. The van der Waals surface area contributed by atoms with Crippen molar-refractivity contribution in [1.29, 1.82) is 0 Å². The van der Waals surface area contributed by atoms with Crippen LogP contribution in [0.1, 0.15) is 37.5 Å². The summed E-state index contributed by atoms with van der Waals surface area (Å²) in [5.41, 5.74) is 3.21. The molecule has 2 heteroatoms. The number of methoxy groups -OCH3 is 1. The van der Waals surface area contributed by atoms with Crippen LogP contribution in [0.25, 0.3) is 0 Å². The smallest absolute Gasteiger partial charge is 0.122 e. The van der Waals surface area contributed by atoms with Crippen molar-refractivity contribution < 1.29 is 9.84 Å². The molecule has 0 aliphatic heterocycles. The molecule has 1 aromatic rings. The van der Waals surface area contributed by atoms with E-state index in [-0.39, 0.29) is 12.0 Å². The van der Waals surface area contributed by atoms with Crippen LogP contribution in [0.5, 0.6) is 5.75 Å². The summed E-state index contributed by atoms with van der Waals surface area (Å²) in [4.78, 5) is 0. The SMILES string of the molecule is COc1cc(C)c(CO)cc1C(C)(C)C. The Hall–Kier alpha value is -1.02. The van der Waals surface area contributed by atoms with Crippen molar-refractivity contribution in [2.45, 2.75) is 39.7 Å². The molecule has 0 spiro atoms. The third-order valence-electron chi connectivity index (χ3n) is 2.64. The van der Waals surface area contributed by atoms with Gasteiger partial charge in [-0.25, -0.2) is 0 Å². The Morgan fingerprint density at radius 3 is 2.27 bits per heavy atom. The van der Waals surface area contributed by atoms with Gasteiger partial charge in [0.15, 0.2) is 0 Å². The molecule has 0 unspecified atom stereocenters. The fourth-order valence-electron chi connectivity index (χ4n) is 1.65. The minimum absolute atomic E-state index is 0.0307. The maximum absolute atomic E-state index is 9.23. The van der Waals surface area contributed by atoms with Crippen LogP contribution in [0.4, 0.5) is 0 Å². The second-order valence-electron chi connectivity index (χ2n) is 4.89. The van der Waals surface area contributed by atoms with Gasteiger partial charge in [0.25, 0.3) is 0 Å². The molecule has 0 aliphatic rings. The molecule has 15 heavy (non-hydrogen) atoms. The van der Waals surface area contributed by atoms with E-state index in [1.807, 2.05) is 19.1 Å². The number of aliphatic hydroxyl groups is 1. The summed E-state index contributed by atoms with van der Waals surface area (Å²) in [5, 5.41) is 9.23. The molecule has 0 radical (unpaired) electrons. The zero-order valence-electron chi connectivity index (χ0n) is 10.2. The Kier molecular flexibility index (Phi) is 3.40. The Labute approximate surface area is 91.9 Å². The lowest BCUT2D eigenvalue weighted by atomic mass is 9.84. The number of ether oxygens (including phenoxy) is 1. The number of rotatable bonds is 2. The summed E-state index contributed by atoms with van der Waals surface area (Å²) in [6.45, 7) is 8.49. The van der Waals surface area contributed by atoms with Crippen LogP contribution in [0.3, 0.4) is 0 Å². The van der Waals surface area contributed by atoms with E-state index in [0.29, 0.717) is 0 Å². The van der Waals surface area contributed by atoms with Crippen molar-refractivity contribution >= 4 is 0 Å². The van der Waals surface area contributed by atoms with E-state index in [2.05, 4.69) is 20.8 Å². The van der Waals surface area contributed by atoms with Crippen molar-refractivity contribution in [3.05, 3.63) is 28.8 Å². The lowest BCUT2D eigenvalue weighted by molar-refractivity contribution is 0.280. The van der Waals surface area contributed by atoms with E-state index in [0.717, 1.165) is 22.4 Å². The van der Waals surface area contributed by atoms with Crippen LogP contribution in [-0.4, -0.2) is 12.2 Å². The fraction of sp³-hybridized carbons (Fsp3) is 0.538. The standard InChI is InChI=1S/C13H20O2/c1-9-6-12(15-5)11(13(2,3)4)7-10(9)8-14/h6-7,14H,8H2,1-5H3. The lowest BCUT2D eigenvalue weighted by Crippen LogP contribution is -2.14. The van der Waals surface area contributed by atoms with Crippen LogP contribution in [0.15, 0.2) is 12.1 Å². The fourth-order valence-corrected chi connectivity index (χ4v) is 1.65. The Bertz CT molecular complexity index is 348. The van der Waals surface area contributed by atoms with Crippen molar-refractivity contribution in [2.75, 3.05) is 7.11 Å². The monoisotopic (exact) mass is 208 g/mol. The Balaban J connectivity index is 3.36. The van der Waals surface area contributed by atoms with Gasteiger partial charge in [0.2, 0.25) is 0 Å². The maximum Gasteiger partial charge on any atom is 0.122 e. The Morgan fingerprint density at radius 1 is 1.27 bits per heavy atom. The molecular formula is C13H20O2. The largest absolute Gasteiger partial charge is 0.496 e. The first kappa shape index (κ1) is 12.1. The van der Waals surface area contributed by atoms with Gasteiger partial charge >= 0.3 is 0 Å². The topological polar surface area (TPSA) is 29.5 Å². The van der Waals surface area contributed by atoms with Crippen molar-refractivity contribution in [2.24, 2.45) is 0 Å². The lowest BCUT2D eigenvalue weighted by Gasteiger charge is -2.23. The van der Waals surface area contributed by atoms with E-state index < -0.39 is 0 Å². The zero-order valence-corrected chi connectivity index (χ0v) is 10.2. The summed E-state index contributed by atoms with van der Waals surface area (Å²) in [6, 6.07) is 4.03. The van der Waals surface area contributed by atoms with Crippen molar-refractivity contribution in [3.8, 4) is 5.75 Å². The Morgan fingerprint density at radius 2 is 1.87 bits per heavy atom. The molecule has 0 fully saturated rings. The molecular weight excluding hydrogens is 188 g/mol. The zero-order chi connectivity index (χ0) is 11.6. The van der Waals surface area contributed by atoms with Gasteiger partial charge < -0.3 is 9.84 Å². The van der Waals surface area contributed by atoms with Gasteiger partial charge in [0, 0.05) is 0 Å². The highest BCUT2D eigenvalue weighted by Gasteiger charge is 2.20. The highest BCUT2D eigenvalue weighted by Crippen LogP contribution is 2.33. The predicted octanol–water partition coefficient (Wildman–Crippen LogP) is 2.79. The summed E-state index contributed by atoms with van der Waals surface area (Å²) >= 11 is 0. The average molecular weight is 208 g/mol. The van der Waals surface area contributed by atoms with Crippen LogP contribution in [0, 0.1) is 6.92 Å². The summed E-state index contributed by atoms with van der Waals surface area (Å²) < 4.78 is 5.37.